The molecule has 82 valence electrons. The molecule has 0 aromatic rings. The lowest BCUT2D eigenvalue weighted by molar-refractivity contribution is -0.139. The minimum Gasteiger partial charge on any atom is -0.481 e. The molecule has 3 heteroatoms. The number of rotatable bonds is 6. The van der Waals surface area contributed by atoms with E-state index in [0.29, 0.717) is 11.5 Å². The van der Waals surface area contributed by atoms with Gasteiger partial charge < -0.3 is 5.11 Å². The molecule has 0 aliphatic rings. The molecule has 0 bridgehead atoms. The third-order valence-electron chi connectivity index (χ3n) is 1.95. The van der Waals surface area contributed by atoms with Gasteiger partial charge in [0.1, 0.15) is 0 Å². The summed E-state index contributed by atoms with van der Waals surface area (Å²) in [6.45, 7) is 8.75. The summed E-state index contributed by atoms with van der Waals surface area (Å²) in [5.41, 5.74) is 1.45. The molecule has 0 aliphatic carbocycles. The van der Waals surface area contributed by atoms with E-state index in [2.05, 4.69) is 13.2 Å². The molecular formula is C12H15ClO2. The minimum absolute atomic E-state index is 0.310. The topological polar surface area (TPSA) is 37.3 Å². The molecule has 1 N–H and O–H groups in total. The summed E-state index contributed by atoms with van der Waals surface area (Å²) >= 11 is 5.66. The van der Waals surface area contributed by atoms with Crippen LogP contribution in [0.15, 0.2) is 48.6 Å². The van der Waals surface area contributed by atoms with Crippen LogP contribution in [0, 0.1) is 5.92 Å². The van der Waals surface area contributed by atoms with Crippen molar-refractivity contribution in [3.05, 3.63) is 48.6 Å². The van der Waals surface area contributed by atoms with Gasteiger partial charge in [0.05, 0.1) is 5.92 Å². The van der Waals surface area contributed by atoms with Crippen LogP contribution < -0.4 is 0 Å². The molecule has 0 aromatic heterocycles. The zero-order valence-corrected chi connectivity index (χ0v) is 9.50. The van der Waals surface area contributed by atoms with Crippen molar-refractivity contribution in [2.45, 2.75) is 6.92 Å². The second-order valence-electron chi connectivity index (χ2n) is 3.02. The van der Waals surface area contributed by atoms with Gasteiger partial charge in [0.2, 0.25) is 0 Å². The standard InChI is InChI=1S/C12H15ClO2/c1-4-6-11(9(3)12(14)15)7-10(5-2)8-13/h4-7,9H,1-2,8H2,3H3,(H,14,15). The highest BCUT2D eigenvalue weighted by molar-refractivity contribution is 6.19. The quantitative estimate of drug-likeness (QED) is 0.558. The van der Waals surface area contributed by atoms with Gasteiger partial charge in [0.15, 0.2) is 0 Å². The minimum atomic E-state index is -0.877. The van der Waals surface area contributed by atoms with Crippen LogP contribution in [0.1, 0.15) is 6.92 Å². The van der Waals surface area contributed by atoms with Gasteiger partial charge in [-0.25, -0.2) is 0 Å². The lowest BCUT2D eigenvalue weighted by Gasteiger charge is -2.08. The predicted octanol–water partition coefficient (Wildman–Crippen LogP) is 3.17. The lowest BCUT2D eigenvalue weighted by Crippen LogP contribution is -2.11. The fraction of sp³-hybridized carbons (Fsp3) is 0.250. The fourth-order valence-electron chi connectivity index (χ4n) is 0.962. The molecule has 15 heavy (non-hydrogen) atoms. The number of carboxylic acid groups (broad SMARTS) is 1. The molecule has 0 amide bonds. The van der Waals surface area contributed by atoms with Crippen molar-refractivity contribution in [1.29, 1.82) is 0 Å². The molecule has 0 aromatic carbocycles. The fourth-order valence-corrected chi connectivity index (χ4v) is 1.15. The first kappa shape index (κ1) is 13.7. The van der Waals surface area contributed by atoms with E-state index in [4.69, 9.17) is 16.7 Å². The average molecular weight is 227 g/mol. The first-order valence-electron chi connectivity index (χ1n) is 4.51. The van der Waals surface area contributed by atoms with Crippen LogP contribution in [-0.2, 0) is 4.79 Å². The van der Waals surface area contributed by atoms with Crippen molar-refractivity contribution in [2.24, 2.45) is 5.92 Å². The van der Waals surface area contributed by atoms with E-state index in [9.17, 15) is 4.79 Å². The van der Waals surface area contributed by atoms with Gasteiger partial charge >= 0.3 is 5.97 Å². The Morgan fingerprint density at radius 2 is 2.13 bits per heavy atom. The molecule has 2 nitrogen and oxygen atoms in total. The molecule has 0 heterocycles. The van der Waals surface area contributed by atoms with E-state index in [1.807, 2.05) is 0 Å². The zero-order chi connectivity index (χ0) is 11.8. The molecular weight excluding hydrogens is 212 g/mol. The maximum Gasteiger partial charge on any atom is 0.310 e. The van der Waals surface area contributed by atoms with Crippen LogP contribution in [0.4, 0.5) is 0 Å². The SMILES string of the molecule is C=CC=C(C=C(C=C)CCl)C(C)C(=O)O. The first-order chi connectivity index (χ1) is 7.06. The number of aliphatic carboxylic acids is 1. The lowest BCUT2D eigenvalue weighted by atomic mass is 9.98. The Labute approximate surface area is 95.3 Å². The highest BCUT2D eigenvalue weighted by Gasteiger charge is 2.14. The van der Waals surface area contributed by atoms with Gasteiger partial charge in [-0.15, -0.1) is 11.6 Å². The van der Waals surface area contributed by atoms with E-state index < -0.39 is 11.9 Å². The Kier molecular flexibility index (Phi) is 6.47. The average Bonchev–Trinajstić information content (AvgIpc) is 2.23. The van der Waals surface area contributed by atoms with Gasteiger partial charge in [-0.2, -0.15) is 0 Å². The molecule has 0 saturated heterocycles. The van der Waals surface area contributed by atoms with Gasteiger partial charge in [0, 0.05) is 5.88 Å². The number of alkyl halides is 1. The second-order valence-corrected chi connectivity index (χ2v) is 3.29. The van der Waals surface area contributed by atoms with Gasteiger partial charge in [0.25, 0.3) is 0 Å². The molecule has 1 unspecified atom stereocenters. The first-order valence-corrected chi connectivity index (χ1v) is 5.04. The molecule has 0 aliphatic heterocycles. The number of allylic oxidation sites excluding steroid dienone is 5. The van der Waals surface area contributed by atoms with Crippen molar-refractivity contribution in [3.8, 4) is 0 Å². The van der Waals surface area contributed by atoms with E-state index in [0.717, 1.165) is 5.57 Å². The van der Waals surface area contributed by atoms with E-state index in [1.54, 1.807) is 31.2 Å². The maximum absolute atomic E-state index is 10.8. The van der Waals surface area contributed by atoms with Crippen molar-refractivity contribution >= 4 is 17.6 Å². The van der Waals surface area contributed by atoms with Gasteiger partial charge in [-0.1, -0.05) is 37.5 Å². The molecule has 0 rings (SSSR count). The number of carbonyl (C=O) groups is 1. The maximum atomic E-state index is 10.8. The summed E-state index contributed by atoms with van der Waals surface area (Å²) in [5, 5.41) is 8.87. The number of carboxylic acids is 1. The molecule has 0 saturated carbocycles. The number of hydrogen-bond donors (Lipinski definition) is 1. The highest BCUT2D eigenvalue weighted by Crippen LogP contribution is 2.16. The van der Waals surface area contributed by atoms with Crippen molar-refractivity contribution in [2.75, 3.05) is 5.88 Å². The van der Waals surface area contributed by atoms with Crippen molar-refractivity contribution < 1.29 is 9.90 Å². The van der Waals surface area contributed by atoms with E-state index in [-0.39, 0.29) is 0 Å². The molecule has 0 radical (unpaired) electrons. The van der Waals surface area contributed by atoms with Crippen molar-refractivity contribution in [3.63, 3.8) is 0 Å². The van der Waals surface area contributed by atoms with E-state index >= 15 is 0 Å². The monoisotopic (exact) mass is 226 g/mol. The normalized spacial score (nSPS) is 14.5. The third-order valence-corrected chi connectivity index (χ3v) is 2.26. The Morgan fingerprint density at radius 1 is 1.53 bits per heavy atom. The van der Waals surface area contributed by atoms with E-state index in [1.165, 1.54) is 0 Å². The summed E-state index contributed by atoms with van der Waals surface area (Å²) in [4.78, 5) is 10.8. The van der Waals surface area contributed by atoms with Crippen LogP contribution in [-0.4, -0.2) is 17.0 Å². The summed E-state index contributed by atoms with van der Waals surface area (Å²) < 4.78 is 0. The Balaban J connectivity index is 5.07. The largest absolute Gasteiger partial charge is 0.481 e. The summed E-state index contributed by atoms with van der Waals surface area (Å²) in [5.74, 6) is -1.15. The van der Waals surface area contributed by atoms with Crippen LogP contribution in [0.2, 0.25) is 0 Å². The van der Waals surface area contributed by atoms with Gasteiger partial charge in [-0.05, 0) is 18.1 Å². The van der Waals surface area contributed by atoms with Crippen molar-refractivity contribution in [1.82, 2.24) is 0 Å². The van der Waals surface area contributed by atoms with Crippen LogP contribution in [0.25, 0.3) is 0 Å². The van der Waals surface area contributed by atoms with Crippen LogP contribution in [0.5, 0.6) is 0 Å². The number of hydrogen-bond acceptors (Lipinski definition) is 1. The molecule has 1 atom stereocenters. The Bertz CT molecular complexity index is 314. The summed E-state index contributed by atoms with van der Waals surface area (Å²) in [7, 11) is 0. The van der Waals surface area contributed by atoms with Gasteiger partial charge in [-0.3, -0.25) is 4.79 Å². The second kappa shape index (κ2) is 7.07. The molecule has 0 spiro atoms. The third kappa shape index (κ3) is 4.66. The summed E-state index contributed by atoms with van der Waals surface area (Å²) in [6, 6.07) is 0. The zero-order valence-electron chi connectivity index (χ0n) is 8.74. The Hall–Kier alpha value is -1.28. The molecule has 0 fully saturated rings. The summed E-state index contributed by atoms with van der Waals surface area (Å²) in [6.07, 6.45) is 6.55. The number of halogens is 1. The smallest absolute Gasteiger partial charge is 0.310 e. The highest BCUT2D eigenvalue weighted by atomic mass is 35.5. The van der Waals surface area contributed by atoms with Crippen LogP contribution in [0.3, 0.4) is 0 Å². The van der Waals surface area contributed by atoms with Crippen LogP contribution >= 0.6 is 11.6 Å². The Morgan fingerprint density at radius 3 is 2.47 bits per heavy atom. The predicted molar refractivity (Wildman–Crippen MR) is 64.1 cm³/mol.